The minimum Gasteiger partial charge on any atom is -0.300 e. The highest BCUT2D eigenvalue weighted by Gasteiger charge is 2.25. The zero-order valence-electron chi connectivity index (χ0n) is 10.8. The fourth-order valence-electron chi connectivity index (χ4n) is 1.90. The van der Waals surface area contributed by atoms with Gasteiger partial charge in [0.15, 0.2) is 0 Å². The molecule has 0 radical (unpaired) electrons. The third kappa shape index (κ3) is 3.81. The van der Waals surface area contributed by atoms with Gasteiger partial charge in [0.05, 0.1) is 0 Å². The van der Waals surface area contributed by atoms with E-state index in [2.05, 4.69) is 0 Å². The van der Waals surface area contributed by atoms with Gasteiger partial charge in [0.1, 0.15) is 11.6 Å². The van der Waals surface area contributed by atoms with Gasteiger partial charge in [-0.1, -0.05) is 44.2 Å². The standard InChI is InChI=1S/C15H20O2/c1-4-11(2)15(17)14(10-12(3)16)13-8-6-5-7-9-13/h5-9,11,14H,4,10H2,1-3H3. The summed E-state index contributed by atoms with van der Waals surface area (Å²) in [7, 11) is 0. The molecule has 2 atom stereocenters. The van der Waals surface area contributed by atoms with Crippen molar-refractivity contribution in [2.24, 2.45) is 5.92 Å². The van der Waals surface area contributed by atoms with Crippen LogP contribution in [0.1, 0.15) is 45.1 Å². The molecule has 1 aromatic rings. The Kier molecular flexibility index (Phi) is 5.08. The quantitative estimate of drug-likeness (QED) is 0.753. The van der Waals surface area contributed by atoms with Gasteiger partial charge < -0.3 is 0 Å². The minimum atomic E-state index is -0.274. The van der Waals surface area contributed by atoms with Crippen molar-refractivity contribution in [3.05, 3.63) is 35.9 Å². The Labute approximate surface area is 103 Å². The van der Waals surface area contributed by atoms with Crippen molar-refractivity contribution in [2.45, 2.75) is 39.5 Å². The maximum absolute atomic E-state index is 12.3. The van der Waals surface area contributed by atoms with E-state index in [0.29, 0.717) is 6.42 Å². The van der Waals surface area contributed by atoms with Crippen LogP contribution in [0, 0.1) is 5.92 Å². The van der Waals surface area contributed by atoms with Crippen LogP contribution in [0.5, 0.6) is 0 Å². The largest absolute Gasteiger partial charge is 0.300 e. The van der Waals surface area contributed by atoms with E-state index in [9.17, 15) is 9.59 Å². The zero-order valence-corrected chi connectivity index (χ0v) is 10.8. The molecule has 0 aliphatic heterocycles. The lowest BCUT2D eigenvalue weighted by Crippen LogP contribution is -2.21. The van der Waals surface area contributed by atoms with Crippen LogP contribution in [0.2, 0.25) is 0 Å². The van der Waals surface area contributed by atoms with E-state index < -0.39 is 0 Å². The maximum atomic E-state index is 12.3. The summed E-state index contributed by atoms with van der Waals surface area (Å²) in [4.78, 5) is 23.5. The number of ketones is 2. The highest BCUT2D eigenvalue weighted by molar-refractivity contribution is 5.92. The fraction of sp³-hybridized carbons (Fsp3) is 0.467. The van der Waals surface area contributed by atoms with Gasteiger partial charge >= 0.3 is 0 Å². The van der Waals surface area contributed by atoms with E-state index in [-0.39, 0.29) is 23.4 Å². The molecule has 0 heterocycles. The molecule has 2 nitrogen and oxygen atoms in total. The van der Waals surface area contributed by atoms with E-state index in [1.54, 1.807) is 6.92 Å². The van der Waals surface area contributed by atoms with Gasteiger partial charge in [-0.05, 0) is 18.9 Å². The van der Waals surface area contributed by atoms with Crippen molar-refractivity contribution in [3.8, 4) is 0 Å². The van der Waals surface area contributed by atoms with Gasteiger partial charge in [-0.25, -0.2) is 0 Å². The first kappa shape index (κ1) is 13.6. The molecular weight excluding hydrogens is 212 g/mol. The molecule has 2 unspecified atom stereocenters. The van der Waals surface area contributed by atoms with Gasteiger partial charge in [-0.2, -0.15) is 0 Å². The Morgan fingerprint density at radius 2 is 1.76 bits per heavy atom. The Bertz CT molecular complexity index is 381. The monoisotopic (exact) mass is 232 g/mol. The van der Waals surface area contributed by atoms with Crippen molar-refractivity contribution < 1.29 is 9.59 Å². The summed E-state index contributed by atoms with van der Waals surface area (Å²) in [6.45, 7) is 5.47. The molecule has 0 N–H and O–H groups in total. The molecule has 0 saturated heterocycles. The lowest BCUT2D eigenvalue weighted by molar-refractivity contribution is -0.127. The summed E-state index contributed by atoms with van der Waals surface area (Å²) in [6, 6.07) is 9.59. The molecule has 1 rings (SSSR count). The number of benzene rings is 1. The molecule has 0 fully saturated rings. The van der Waals surface area contributed by atoms with Gasteiger partial charge in [0.25, 0.3) is 0 Å². The molecule has 0 aliphatic rings. The summed E-state index contributed by atoms with van der Waals surface area (Å²) in [5.74, 6) is -0.0207. The van der Waals surface area contributed by atoms with E-state index >= 15 is 0 Å². The smallest absolute Gasteiger partial charge is 0.143 e. The first-order chi connectivity index (χ1) is 8.06. The Morgan fingerprint density at radius 3 is 2.24 bits per heavy atom. The van der Waals surface area contributed by atoms with Crippen LogP contribution >= 0.6 is 0 Å². The first-order valence-electron chi connectivity index (χ1n) is 6.14. The molecule has 17 heavy (non-hydrogen) atoms. The van der Waals surface area contributed by atoms with Crippen molar-refractivity contribution >= 4 is 11.6 Å². The average molecular weight is 232 g/mol. The average Bonchev–Trinajstić information content (AvgIpc) is 2.35. The van der Waals surface area contributed by atoms with Crippen molar-refractivity contribution in [1.29, 1.82) is 0 Å². The van der Waals surface area contributed by atoms with Crippen LogP contribution < -0.4 is 0 Å². The Balaban J connectivity index is 2.96. The van der Waals surface area contributed by atoms with E-state index in [4.69, 9.17) is 0 Å². The summed E-state index contributed by atoms with van der Waals surface area (Å²) in [5.41, 5.74) is 0.952. The predicted octanol–water partition coefficient (Wildman–Crippen LogP) is 3.36. The molecule has 92 valence electrons. The number of rotatable bonds is 6. The molecular formula is C15H20O2. The van der Waals surface area contributed by atoms with E-state index in [1.807, 2.05) is 44.2 Å². The Hall–Kier alpha value is -1.44. The molecule has 0 spiro atoms. The third-order valence-corrected chi connectivity index (χ3v) is 3.14. The molecule has 0 bridgehead atoms. The highest BCUT2D eigenvalue weighted by atomic mass is 16.1. The molecule has 0 aromatic heterocycles. The number of carbonyl (C=O) groups excluding carboxylic acids is 2. The first-order valence-corrected chi connectivity index (χ1v) is 6.14. The van der Waals surface area contributed by atoms with Crippen molar-refractivity contribution in [2.75, 3.05) is 0 Å². The normalized spacial score (nSPS) is 14.1. The topological polar surface area (TPSA) is 34.1 Å². The second-order valence-corrected chi connectivity index (χ2v) is 4.58. The van der Waals surface area contributed by atoms with Crippen LogP contribution in [-0.4, -0.2) is 11.6 Å². The van der Waals surface area contributed by atoms with Gasteiger partial charge in [0, 0.05) is 18.3 Å². The Morgan fingerprint density at radius 1 is 1.18 bits per heavy atom. The third-order valence-electron chi connectivity index (χ3n) is 3.14. The van der Waals surface area contributed by atoms with Crippen LogP contribution in [-0.2, 0) is 9.59 Å². The number of Topliss-reactive ketones (excluding diaryl/α,β-unsaturated/α-hetero) is 2. The number of carbonyl (C=O) groups is 2. The zero-order chi connectivity index (χ0) is 12.8. The van der Waals surface area contributed by atoms with Crippen molar-refractivity contribution in [3.63, 3.8) is 0 Å². The molecule has 2 heteroatoms. The second kappa shape index (κ2) is 6.33. The summed E-state index contributed by atoms with van der Waals surface area (Å²) in [5, 5.41) is 0. The van der Waals surface area contributed by atoms with Crippen LogP contribution in [0.15, 0.2) is 30.3 Å². The summed E-state index contributed by atoms with van der Waals surface area (Å²) < 4.78 is 0. The fourth-order valence-corrected chi connectivity index (χ4v) is 1.90. The van der Waals surface area contributed by atoms with Gasteiger partial charge in [-0.3, -0.25) is 9.59 Å². The summed E-state index contributed by atoms with van der Waals surface area (Å²) in [6.07, 6.45) is 1.13. The molecule has 0 aliphatic carbocycles. The van der Waals surface area contributed by atoms with Crippen LogP contribution in [0.25, 0.3) is 0 Å². The molecule has 1 aromatic carbocycles. The minimum absolute atomic E-state index is 0.0135. The number of hydrogen-bond acceptors (Lipinski definition) is 2. The molecule has 0 amide bonds. The lowest BCUT2D eigenvalue weighted by atomic mass is 9.84. The van der Waals surface area contributed by atoms with Crippen LogP contribution in [0.4, 0.5) is 0 Å². The van der Waals surface area contributed by atoms with Gasteiger partial charge in [0.2, 0.25) is 0 Å². The lowest BCUT2D eigenvalue weighted by Gasteiger charge is -2.18. The van der Waals surface area contributed by atoms with E-state index in [0.717, 1.165) is 12.0 Å². The summed E-state index contributed by atoms with van der Waals surface area (Å²) >= 11 is 0. The van der Waals surface area contributed by atoms with Crippen LogP contribution in [0.3, 0.4) is 0 Å². The predicted molar refractivity (Wildman–Crippen MR) is 68.9 cm³/mol. The maximum Gasteiger partial charge on any atom is 0.143 e. The number of hydrogen-bond donors (Lipinski definition) is 0. The molecule has 0 saturated carbocycles. The van der Waals surface area contributed by atoms with Gasteiger partial charge in [-0.15, -0.1) is 0 Å². The van der Waals surface area contributed by atoms with Crippen molar-refractivity contribution in [1.82, 2.24) is 0 Å². The highest BCUT2D eigenvalue weighted by Crippen LogP contribution is 2.25. The van der Waals surface area contributed by atoms with E-state index in [1.165, 1.54) is 0 Å². The second-order valence-electron chi connectivity index (χ2n) is 4.58. The SMILES string of the molecule is CCC(C)C(=O)C(CC(C)=O)c1ccccc1.